The zero-order valence-electron chi connectivity index (χ0n) is 18.8. The van der Waals surface area contributed by atoms with Crippen molar-refractivity contribution in [1.82, 2.24) is 19.6 Å². The average Bonchev–Trinajstić information content (AvgIpc) is 3.34. The SMILES string of the molecule is COc1ccc(-n2ccnc2C(Cc2ccccc2)NC(=O)NS(=O)(=O)c2ccccc2F)cc1. The molecule has 1 unspecified atom stereocenters. The summed E-state index contributed by atoms with van der Waals surface area (Å²) < 4.78 is 48.1. The van der Waals surface area contributed by atoms with Gasteiger partial charge >= 0.3 is 6.03 Å². The van der Waals surface area contributed by atoms with E-state index in [2.05, 4.69) is 10.3 Å². The first-order valence-corrected chi connectivity index (χ1v) is 12.1. The highest BCUT2D eigenvalue weighted by Gasteiger charge is 2.25. The molecule has 180 valence electrons. The van der Waals surface area contributed by atoms with Crippen molar-refractivity contribution < 1.29 is 22.3 Å². The summed E-state index contributed by atoms with van der Waals surface area (Å²) in [5.41, 5.74) is 1.68. The molecule has 10 heteroatoms. The molecule has 2 amide bonds. The molecule has 2 N–H and O–H groups in total. The molecule has 4 aromatic rings. The molecule has 0 fully saturated rings. The number of ether oxygens (including phenoxy) is 1. The highest BCUT2D eigenvalue weighted by molar-refractivity contribution is 7.90. The number of rotatable bonds is 8. The molecule has 1 heterocycles. The van der Waals surface area contributed by atoms with Crippen LogP contribution in [0.2, 0.25) is 0 Å². The van der Waals surface area contributed by atoms with Crippen LogP contribution in [-0.2, 0) is 16.4 Å². The third kappa shape index (κ3) is 5.67. The summed E-state index contributed by atoms with van der Waals surface area (Å²) in [6, 6.07) is 19.8. The Morgan fingerprint density at radius 2 is 1.71 bits per heavy atom. The van der Waals surface area contributed by atoms with Crippen LogP contribution in [0.5, 0.6) is 5.75 Å². The molecule has 0 radical (unpaired) electrons. The maximum atomic E-state index is 14.0. The van der Waals surface area contributed by atoms with E-state index < -0.39 is 32.8 Å². The third-order valence-corrected chi connectivity index (χ3v) is 6.64. The van der Waals surface area contributed by atoms with E-state index >= 15 is 0 Å². The molecular formula is C25H23FN4O4S. The van der Waals surface area contributed by atoms with Crippen molar-refractivity contribution in [3.63, 3.8) is 0 Å². The molecule has 0 aliphatic rings. The molecule has 3 aromatic carbocycles. The number of amides is 2. The minimum atomic E-state index is -4.43. The molecule has 0 aliphatic heterocycles. The number of halogens is 1. The van der Waals surface area contributed by atoms with Gasteiger partial charge in [0.1, 0.15) is 22.3 Å². The van der Waals surface area contributed by atoms with Gasteiger partial charge in [-0.3, -0.25) is 0 Å². The number of urea groups is 1. The number of benzene rings is 3. The van der Waals surface area contributed by atoms with Gasteiger partial charge in [0.15, 0.2) is 0 Å². The van der Waals surface area contributed by atoms with E-state index in [9.17, 15) is 17.6 Å². The molecule has 4 rings (SSSR count). The van der Waals surface area contributed by atoms with Gasteiger partial charge in [-0.15, -0.1) is 0 Å². The normalized spacial score (nSPS) is 12.1. The number of nitrogens with zero attached hydrogens (tertiary/aromatic N) is 2. The van der Waals surface area contributed by atoms with Crippen LogP contribution in [-0.4, -0.2) is 31.1 Å². The van der Waals surface area contributed by atoms with Crippen LogP contribution in [0, 0.1) is 5.82 Å². The molecule has 0 bridgehead atoms. The number of carbonyl (C=O) groups is 1. The minimum absolute atomic E-state index is 0.334. The predicted molar refractivity (Wildman–Crippen MR) is 128 cm³/mol. The van der Waals surface area contributed by atoms with E-state index in [1.165, 1.54) is 12.1 Å². The van der Waals surface area contributed by atoms with E-state index in [0.717, 1.165) is 23.4 Å². The molecule has 35 heavy (non-hydrogen) atoms. The van der Waals surface area contributed by atoms with Crippen LogP contribution in [0.25, 0.3) is 5.69 Å². The van der Waals surface area contributed by atoms with E-state index in [0.29, 0.717) is 18.0 Å². The van der Waals surface area contributed by atoms with E-state index in [4.69, 9.17) is 4.74 Å². The second-order valence-electron chi connectivity index (χ2n) is 7.61. The molecule has 0 saturated heterocycles. The quantitative estimate of drug-likeness (QED) is 0.386. The monoisotopic (exact) mass is 494 g/mol. The number of aromatic nitrogens is 2. The smallest absolute Gasteiger partial charge is 0.329 e. The second kappa shape index (κ2) is 10.4. The number of carbonyl (C=O) groups excluding carboxylic acids is 1. The Labute approximate surface area is 202 Å². The van der Waals surface area contributed by atoms with E-state index in [1.807, 2.05) is 47.2 Å². The highest BCUT2D eigenvalue weighted by Crippen LogP contribution is 2.23. The Bertz CT molecular complexity index is 1410. The van der Waals surface area contributed by atoms with Crippen LogP contribution in [0.15, 0.2) is 96.2 Å². The summed E-state index contributed by atoms with van der Waals surface area (Å²) in [5, 5.41) is 2.69. The number of imidazole rings is 1. The second-order valence-corrected chi connectivity index (χ2v) is 9.26. The Kier molecular flexibility index (Phi) is 7.11. The summed E-state index contributed by atoms with van der Waals surface area (Å²) in [6.45, 7) is 0. The van der Waals surface area contributed by atoms with Gasteiger partial charge in [-0.2, -0.15) is 0 Å². The molecular weight excluding hydrogens is 471 g/mol. The maximum absolute atomic E-state index is 14.0. The lowest BCUT2D eigenvalue weighted by molar-refractivity contribution is 0.241. The van der Waals surface area contributed by atoms with Crippen molar-refractivity contribution in [3.8, 4) is 11.4 Å². The Morgan fingerprint density at radius 1 is 1.03 bits per heavy atom. The fourth-order valence-corrected chi connectivity index (χ4v) is 4.61. The summed E-state index contributed by atoms with van der Waals surface area (Å²) in [6.07, 6.45) is 3.67. The zero-order valence-corrected chi connectivity index (χ0v) is 19.6. The van der Waals surface area contributed by atoms with Crippen molar-refractivity contribution in [2.75, 3.05) is 7.11 Å². The number of hydrogen-bond donors (Lipinski definition) is 2. The largest absolute Gasteiger partial charge is 0.497 e. The minimum Gasteiger partial charge on any atom is -0.497 e. The number of sulfonamides is 1. The Morgan fingerprint density at radius 3 is 2.40 bits per heavy atom. The van der Waals surface area contributed by atoms with Gasteiger partial charge in [0.2, 0.25) is 0 Å². The van der Waals surface area contributed by atoms with Crippen LogP contribution in [0.1, 0.15) is 17.4 Å². The first-order chi connectivity index (χ1) is 16.9. The summed E-state index contributed by atoms with van der Waals surface area (Å²) in [5.74, 6) is 0.216. The molecule has 1 aromatic heterocycles. The molecule has 1 atom stereocenters. The maximum Gasteiger partial charge on any atom is 0.329 e. The van der Waals surface area contributed by atoms with Crippen LogP contribution in [0.4, 0.5) is 9.18 Å². The number of hydrogen-bond acceptors (Lipinski definition) is 5. The first-order valence-electron chi connectivity index (χ1n) is 10.7. The molecule has 0 saturated carbocycles. The van der Waals surface area contributed by atoms with Crippen LogP contribution >= 0.6 is 0 Å². The summed E-state index contributed by atoms with van der Waals surface area (Å²) >= 11 is 0. The Balaban J connectivity index is 1.63. The first kappa shape index (κ1) is 24.0. The van der Waals surface area contributed by atoms with Gasteiger partial charge in [-0.05, 0) is 48.4 Å². The van der Waals surface area contributed by atoms with Gasteiger partial charge in [0.25, 0.3) is 10.0 Å². The lowest BCUT2D eigenvalue weighted by Gasteiger charge is -2.21. The van der Waals surface area contributed by atoms with Crippen LogP contribution in [0.3, 0.4) is 0 Å². The standard InChI is InChI=1S/C25H23FN4O4S/c1-34-20-13-11-19(12-14-20)30-16-15-27-24(30)22(17-18-7-3-2-4-8-18)28-25(31)29-35(32,33)23-10-6-5-9-21(23)26/h2-16,22H,17H2,1H3,(H2,28,29,31). The Hall–Kier alpha value is -4.18. The van der Waals surface area contributed by atoms with Crippen molar-refractivity contribution in [3.05, 3.63) is 108 Å². The van der Waals surface area contributed by atoms with Gasteiger partial charge < -0.3 is 14.6 Å². The summed E-state index contributed by atoms with van der Waals surface area (Å²) in [7, 11) is -2.85. The van der Waals surface area contributed by atoms with Gasteiger partial charge in [0.05, 0.1) is 13.2 Å². The predicted octanol–water partition coefficient (Wildman–Crippen LogP) is 3.99. The average molecular weight is 495 g/mol. The van der Waals surface area contributed by atoms with Crippen molar-refractivity contribution in [1.29, 1.82) is 0 Å². The lowest BCUT2D eigenvalue weighted by Crippen LogP contribution is -2.42. The van der Waals surface area contributed by atoms with Gasteiger partial charge in [-0.25, -0.2) is 27.3 Å². The third-order valence-electron chi connectivity index (χ3n) is 5.27. The van der Waals surface area contributed by atoms with Crippen molar-refractivity contribution in [2.45, 2.75) is 17.4 Å². The van der Waals surface area contributed by atoms with Crippen molar-refractivity contribution in [2.24, 2.45) is 0 Å². The molecule has 0 aliphatic carbocycles. The fraction of sp³-hybridized carbons (Fsp3) is 0.120. The molecule has 8 nitrogen and oxygen atoms in total. The van der Waals surface area contributed by atoms with Crippen LogP contribution < -0.4 is 14.8 Å². The lowest BCUT2D eigenvalue weighted by atomic mass is 10.1. The number of nitrogens with one attached hydrogen (secondary N) is 2. The van der Waals surface area contributed by atoms with Gasteiger partial charge in [0, 0.05) is 18.1 Å². The van der Waals surface area contributed by atoms with E-state index in [1.54, 1.807) is 36.2 Å². The topological polar surface area (TPSA) is 102 Å². The molecule has 0 spiro atoms. The van der Waals surface area contributed by atoms with Gasteiger partial charge in [-0.1, -0.05) is 42.5 Å². The van der Waals surface area contributed by atoms with Crippen molar-refractivity contribution >= 4 is 16.1 Å². The summed E-state index contributed by atoms with van der Waals surface area (Å²) in [4.78, 5) is 16.6. The number of methoxy groups -OCH3 is 1. The zero-order chi connectivity index (χ0) is 24.8. The highest BCUT2D eigenvalue weighted by atomic mass is 32.2. The van der Waals surface area contributed by atoms with E-state index in [-0.39, 0.29) is 0 Å². The fourth-order valence-electron chi connectivity index (χ4n) is 3.62.